The average molecular weight is 497 g/mol. The second-order valence-corrected chi connectivity index (χ2v) is 9.10. The standard InChI is InChI=1S/C31H32N2O4/c34-28(33-30(24-15-7-2-8-16-24)25-17-9-3-10-18-25)21-26-19-11-4-12-20-29(35)37-27(22-32-31(26)36)23-13-5-1-6-14-23/h1-11,13-18,26-27,30H,12,19-22H2,(H,32,36)(H,33,34)/b11-4+/t26-,27-/m0/s1. The second kappa shape index (κ2) is 13.2. The molecule has 4 rings (SSSR count). The summed E-state index contributed by atoms with van der Waals surface area (Å²) in [5, 5.41) is 6.04. The van der Waals surface area contributed by atoms with E-state index in [-0.39, 0.29) is 43.2 Å². The van der Waals surface area contributed by atoms with Crippen LogP contribution in [0.5, 0.6) is 0 Å². The highest BCUT2D eigenvalue weighted by atomic mass is 16.5. The minimum absolute atomic E-state index is 0.0438. The summed E-state index contributed by atoms with van der Waals surface area (Å²) >= 11 is 0. The Hall–Kier alpha value is -4.19. The fourth-order valence-electron chi connectivity index (χ4n) is 4.41. The van der Waals surface area contributed by atoms with Gasteiger partial charge in [-0.05, 0) is 29.5 Å². The van der Waals surface area contributed by atoms with Gasteiger partial charge in [-0.25, -0.2) is 0 Å². The van der Waals surface area contributed by atoms with Gasteiger partial charge in [0.2, 0.25) is 11.8 Å². The minimum atomic E-state index is -0.587. The number of amides is 2. The molecule has 1 heterocycles. The molecule has 0 spiro atoms. The third-order valence-corrected chi connectivity index (χ3v) is 6.38. The van der Waals surface area contributed by atoms with Gasteiger partial charge in [0.1, 0.15) is 6.10 Å². The molecule has 1 aliphatic rings. The molecule has 0 aromatic heterocycles. The summed E-state index contributed by atoms with van der Waals surface area (Å²) in [4.78, 5) is 38.7. The average Bonchev–Trinajstić information content (AvgIpc) is 2.93. The van der Waals surface area contributed by atoms with Gasteiger partial charge in [0.05, 0.1) is 18.5 Å². The third-order valence-electron chi connectivity index (χ3n) is 6.38. The van der Waals surface area contributed by atoms with E-state index in [0.29, 0.717) is 12.8 Å². The van der Waals surface area contributed by atoms with E-state index in [2.05, 4.69) is 10.6 Å². The van der Waals surface area contributed by atoms with Crippen LogP contribution in [0.1, 0.15) is 54.5 Å². The number of rotatable bonds is 6. The van der Waals surface area contributed by atoms with Crippen molar-refractivity contribution < 1.29 is 19.1 Å². The van der Waals surface area contributed by atoms with Crippen molar-refractivity contribution in [1.82, 2.24) is 10.6 Å². The number of carbonyl (C=O) groups is 3. The third kappa shape index (κ3) is 7.64. The first-order valence-corrected chi connectivity index (χ1v) is 12.7. The molecule has 6 nitrogen and oxygen atoms in total. The smallest absolute Gasteiger partial charge is 0.306 e. The SMILES string of the molecule is O=C(C[C@@H]1C/C=C/CCC(=O)O[C@H](c2ccccc2)CNC1=O)NC(c1ccccc1)c1ccccc1. The molecule has 1 aliphatic heterocycles. The molecule has 0 unspecified atom stereocenters. The first-order valence-electron chi connectivity index (χ1n) is 12.7. The fraction of sp³-hybridized carbons (Fsp3) is 0.258. The maximum atomic E-state index is 13.2. The normalized spacial score (nSPS) is 19.6. The number of nitrogens with one attached hydrogen (secondary N) is 2. The predicted octanol–water partition coefficient (Wildman–Crippen LogP) is 5.04. The van der Waals surface area contributed by atoms with E-state index in [4.69, 9.17) is 4.74 Å². The molecule has 2 amide bonds. The van der Waals surface area contributed by atoms with Crippen molar-refractivity contribution in [2.24, 2.45) is 5.92 Å². The summed E-state index contributed by atoms with van der Waals surface area (Å²) < 4.78 is 5.66. The highest BCUT2D eigenvalue weighted by molar-refractivity contribution is 5.86. The summed E-state index contributed by atoms with van der Waals surface area (Å²) in [6.07, 6.45) is 4.38. The quantitative estimate of drug-likeness (QED) is 0.370. The molecule has 2 N–H and O–H groups in total. The zero-order valence-corrected chi connectivity index (χ0v) is 20.7. The lowest BCUT2D eigenvalue weighted by atomic mass is 9.96. The molecular weight excluding hydrogens is 464 g/mol. The lowest BCUT2D eigenvalue weighted by molar-refractivity contribution is -0.150. The van der Waals surface area contributed by atoms with E-state index in [0.717, 1.165) is 16.7 Å². The van der Waals surface area contributed by atoms with Crippen molar-refractivity contribution in [2.45, 2.75) is 37.8 Å². The molecule has 0 radical (unpaired) electrons. The van der Waals surface area contributed by atoms with Gasteiger partial charge in [0, 0.05) is 12.8 Å². The van der Waals surface area contributed by atoms with Gasteiger partial charge < -0.3 is 15.4 Å². The van der Waals surface area contributed by atoms with Gasteiger partial charge in [-0.1, -0.05) is 103 Å². The molecular formula is C31H32N2O4. The van der Waals surface area contributed by atoms with E-state index in [1.165, 1.54) is 0 Å². The van der Waals surface area contributed by atoms with Crippen LogP contribution in [0.2, 0.25) is 0 Å². The number of hydrogen-bond donors (Lipinski definition) is 2. The van der Waals surface area contributed by atoms with Crippen LogP contribution in [-0.2, 0) is 19.1 Å². The molecule has 6 heteroatoms. The van der Waals surface area contributed by atoms with Crippen LogP contribution in [0.25, 0.3) is 0 Å². The van der Waals surface area contributed by atoms with Crippen molar-refractivity contribution in [3.8, 4) is 0 Å². The van der Waals surface area contributed by atoms with Crippen LogP contribution >= 0.6 is 0 Å². The topological polar surface area (TPSA) is 84.5 Å². The van der Waals surface area contributed by atoms with Gasteiger partial charge in [-0.3, -0.25) is 14.4 Å². The summed E-state index contributed by atoms with van der Waals surface area (Å²) in [7, 11) is 0. The van der Waals surface area contributed by atoms with Gasteiger partial charge in [-0.2, -0.15) is 0 Å². The Bertz CT molecular complexity index is 1160. The van der Waals surface area contributed by atoms with Crippen molar-refractivity contribution in [3.05, 3.63) is 120 Å². The largest absolute Gasteiger partial charge is 0.456 e. The molecule has 37 heavy (non-hydrogen) atoms. The van der Waals surface area contributed by atoms with Gasteiger partial charge in [0.15, 0.2) is 0 Å². The summed E-state index contributed by atoms with van der Waals surface area (Å²) in [6, 6.07) is 28.6. The van der Waals surface area contributed by atoms with E-state index >= 15 is 0 Å². The number of hydrogen-bond acceptors (Lipinski definition) is 4. The van der Waals surface area contributed by atoms with Crippen LogP contribution in [0.15, 0.2) is 103 Å². The Kier molecular flexibility index (Phi) is 9.24. The van der Waals surface area contributed by atoms with Gasteiger partial charge in [0.25, 0.3) is 0 Å². The molecule has 0 bridgehead atoms. The Labute approximate surface area is 217 Å². The molecule has 0 fully saturated rings. The second-order valence-electron chi connectivity index (χ2n) is 9.10. The molecule has 0 saturated carbocycles. The predicted molar refractivity (Wildman–Crippen MR) is 142 cm³/mol. The summed E-state index contributed by atoms with van der Waals surface area (Å²) in [5.74, 6) is -1.30. The molecule has 2 atom stereocenters. The Balaban J connectivity index is 1.48. The molecule has 3 aromatic carbocycles. The number of carbonyl (C=O) groups excluding carboxylic acids is 3. The Morgan fingerprint density at radius 1 is 0.865 bits per heavy atom. The van der Waals surface area contributed by atoms with E-state index in [9.17, 15) is 14.4 Å². The maximum absolute atomic E-state index is 13.2. The minimum Gasteiger partial charge on any atom is -0.456 e. The van der Waals surface area contributed by atoms with E-state index in [1.807, 2.05) is 103 Å². The molecule has 0 aliphatic carbocycles. The Morgan fingerprint density at radius 3 is 2.08 bits per heavy atom. The van der Waals surface area contributed by atoms with Crippen LogP contribution in [0, 0.1) is 5.92 Å². The summed E-state index contributed by atoms with van der Waals surface area (Å²) in [6.45, 7) is 0.146. The first kappa shape index (κ1) is 25.9. The number of ether oxygens (including phenoxy) is 1. The van der Waals surface area contributed by atoms with Crippen molar-refractivity contribution in [1.29, 1.82) is 0 Å². The van der Waals surface area contributed by atoms with Crippen LogP contribution in [0.3, 0.4) is 0 Å². The number of esters is 1. The van der Waals surface area contributed by atoms with Crippen LogP contribution < -0.4 is 10.6 Å². The number of cyclic esters (lactones) is 1. The Morgan fingerprint density at radius 2 is 1.46 bits per heavy atom. The van der Waals surface area contributed by atoms with E-state index in [1.54, 1.807) is 0 Å². The van der Waals surface area contributed by atoms with Gasteiger partial charge in [-0.15, -0.1) is 0 Å². The van der Waals surface area contributed by atoms with Crippen molar-refractivity contribution >= 4 is 17.8 Å². The van der Waals surface area contributed by atoms with Crippen molar-refractivity contribution in [3.63, 3.8) is 0 Å². The maximum Gasteiger partial charge on any atom is 0.306 e. The van der Waals surface area contributed by atoms with Crippen LogP contribution in [0.4, 0.5) is 0 Å². The zero-order valence-electron chi connectivity index (χ0n) is 20.7. The first-order chi connectivity index (χ1) is 18.1. The van der Waals surface area contributed by atoms with Gasteiger partial charge >= 0.3 is 5.97 Å². The summed E-state index contributed by atoms with van der Waals surface area (Å²) in [5.41, 5.74) is 2.75. The highest BCUT2D eigenvalue weighted by Crippen LogP contribution is 2.23. The number of benzene rings is 3. The van der Waals surface area contributed by atoms with Crippen molar-refractivity contribution in [2.75, 3.05) is 6.54 Å². The van der Waals surface area contributed by atoms with E-state index < -0.39 is 12.0 Å². The zero-order chi connectivity index (χ0) is 25.9. The molecule has 190 valence electrons. The monoisotopic (exact) mass is 496 g/mol. The molecule has 0 saturated heterocycles. The van der Waals surface area contributed by atoms with Crippen LogP contribution in [-0.4, -0.2) is 24.3 Å². The highest BCUT2D eigenvalue weighted by Gasteiger charge is 2.26. The fourth-order valence-corrected chi connectivity index (χ4v) is 4.41. The lowest BCUT2D eigenvalue weighted by Crippen LogP contribution is -2.38. The molecule has 3 aromatic rings. The number of allylic oxidation sites excluding steroid dienone is 2. The lowest BCUT2D eigenvalue weighted by Gasteiger charge is -2.23.